The first-order chi connectivity index (χ1) is 12.9. The minimum Gasteiger partial charge on any atom is -0.496 e. The number of nitrogens with zero attached hydrogens (tertiary/aromatic N) is 1. The molecule has 1 unspecified atom stereocenters. The molecule has 5 nitrogen and oxygen atoms in total. The molecule has 1 atom stereocenters. The van der Waals surface area contributed by atoms with Gasteiger partial charge in [-0.25, -0.2) is 0 Å². The van der Waals surface area contributed by atoms with E-state index >= 15 is 0 Å². The Morgan fingerprint density at radius 3 is 2.37 bits per heavy atom. The van der Waals surface area contributed by atoms with Crippen LogP contribution in [0.15, 0.2) is 42.5 Å². The largest absolute Gasteiger partial charge is 0.496 e. The van der Waals surface area contributed by atoms with E-state index < -0.39 is 5.54 Å². The Morgan fingerprint density at radius 2 is 1.78 bits per heavy atom. The van der Waals surface area contributed by atoms with Gasteiger partial charge < -0.3 is 19.1 Å². The van der Waals surface area contributed by atoms with Crippen LogP contribution in [0.3, 0.4) is 0 Å². The maximum Gasteiger partial charge on any atom is 0.262 e. The molecule has 1 heterocycles. The van der Waals surface area contributed by atoms with Crippen molar-refractivity contribution in [3.05, 3.63) is 58.6 Å². The van der Waals surface area contributed by atoms with Gasteiger partial charge in [0.25, 0.3) is 5.91 Å². The van der Waals surface area contributed by atoms with Crippen molar-refractivity contribution in [3.63, 3.8) is 0 Å². The summed E-state index contributed by atoms with van der Waals surface area (Å²) in [6, 6.07) is 12.9. The Labute approximate surface area is 164 Å². The van der Waals surface area contributed by atoms with Gasteiger partial charge in [-0.2, -0.15) is 0 Å². The monoisotopic (exact) mass is 389 g/mol. The first kappa shape index (κ1) is 19.5. The van der Waals surface area contributed by atoms with E-state index in [-0.39, 0.29) is 12.0 Å². The summed E-state index contributed by atoms with van der Waals surface area (Å²) >= 11 is 6.12. The molecule has 0 bridgehead atoms. The number of hydrogen-bond donors (Lipinski definition) is 0. The van der Waals surface area contributed by atoms with Crippen LogP contribution in [0, 0.1) is 0 Å². The number of morpholine rings is 1. The average molecular weight is 390 g/mol. The summed E-state index contributed by atoms with van der Waals surface area (Å²) in [5.41, 5.74) is 0.892. The minimum absolute atomic E-state index is 0.148. The molecule has 1 fully saturated rings. The van der Waals surface area contributed by atoms with Crippen LogP contribution in [0.1, 0.15) is 35.9 Å². The van der Waals surface area contributed by atoms with Gasteiger partial charge in [0.05, 0.1) is 32.9 Å². The van der Waals surface area contributed by atoms with Gasteiger partial charge in [0, 0.05) is 5.02 Å². The zero-order chi connectivity index (χ0) is 19.6. The normalized spacial score (nSPS) is 18.9. The van der Waals surface area contributed by atoms with Crippen LogP contribution in [0.2, 0.25) is 5.02 Å². The number of benzene rings is 2. The first-order valence-electron chi connectivity index (χ1n) is 8.77. The third kappa shape index (κ3) is 3.89. The summed E-state index contributed by atoms with van der Waals surface area (Å²) in [6.45, 7) is 4.79. The van der Waals surface area contributed by atoms with E-state index in [1.54, 1.807) is 32.4 Å². The second-order valence-electron chi connectivity index (χ2n) is 7.12. The van der Waals surface area contributed by atoms with Crippen LogP contribution in [0.4, 0.5) is 0 Å². The second-order valence-corrected chi connectivity index (χ2v) is 7.56. The lowest BCUT2D eigenvalue weighted by Gasteiger charge is -2.45. The highest BCUT2D eigenvalue weighted by molar-refractivity contribution is 6.30. The standard InChI is InChI=1S/C21H24ClNO4/c1-21(2)13-27-18(14-7-5-8-15(22)11-14)12-23(21)20(24)19-16(25-3)9-6-10-17(19)26-4/h5-11,18H,12-13H2,1-4H3. The maximum atomic E-state index is 13.5. The Bertz CT molecular complexity index is 814. The first-order valence-corrected chi connectivity index (χ1v) is 9.15. The van der Waals surface area contributed by atoms with Crippen molar-refractivity contribution in [1.82, 2.24) is 4.90 Å². The molecule has 0 radical (unpaired) electrons. The Hall–Kier alpha value is -2.24. The smallest absolute Gasteiger partial charge is 0.262 e. The lowest BCUT2D eigenvalue weighted by atomic mass is 9.96. The third-order valence-electron chi connectivity index (χ3n) is 4.82. The van der Waals surface area contributed by atoms with Crippen molar-refractivity contribution in [2.75, 3.05) is 27.4 Å². The molecule has 2 aromatic rings. The van der Waals surface area contributed by atoms with Crippen LogP contribution in [0.25, 0.3) is 0 Å². The zero-order valence-corrected chi connectivity index (χ0v) is 16.7. The summed E-state index contributed by atoms with van der Waals surface area (Å²) in [6.07, 6.45) is -0.249. The molecule has 0 saturated carbocycles. The van der Waals surface area contributed by atoms with Crippen LogP contribution in [-0.4, -0.2) is 43.7 Å². The van der Waals surface area contributed by atoms with E-state index in [2.05, 4.69) is 0 Å². The molecular formula is C21H24ClNO4. The van der Waals surface area contributed by atoms with E-state index in [0.29, 0.717) is 35.2 Å². The van der Waals surface area contributed by atoms with E-state index in [0.717, 1.165) is 5.56 Å². The number of carbonyl (C=O) groups excluding carboxylic acids is 1. The van der Waals surface area contributed by atoms with Gasteiger partial charge in [0.2, 0.25) is 0 Å². The van der Waals surface area contributed by atoms with Crippen LogP contribution < -0.4 is 9.47 Å². The summed E-state index contributed by atoms with van der Waals surface area (Å²) in [7, 11) is 3.09. The van der Waals surface area contributed by atoms with Gasteiger partial charge in [0.1, 0.15) is 23.2 Å². The Balaban J connectivity index is 1.97. The highest BCUT2D eigenvalue weighted by atomic mass is 35.5. The molecule has 1 amide bonds. The topological polar surface area (TPSA) is 48.0 Å². The summed E-state index contributed by atoms with van der Waals surface area (Å²) < 4.78 is 16.9. The minimum atomic E-state index is -0.474. The predicted molar refractivity (Wildman–Crippen MR) is 105 cm³/mol. The van der Waals surface area contributed by atoms with Crippen molar-refractivity contribution >= 4 is 17.5 Å². The Morgan fingerprint density at radius 1 is 1.15 bits per heavy atom. The molecule has 0 aromatic heterocycles. The Kier molecular flexibility index (Phi) is 5.63. The fourth-order valence-electron chi connectivity index (χ4n) is 3.31. The van der Waals surface area contributed by atoms with Crippen molar-refractivity contribution < 1.29 is 19.0 Å². The third-order valence-corrected chi connectivity index (χ3v) is 5.06. The maximum absolute atomic E-state index is 13.5. The molecule has 1 aliphatic heterocycles. The van der Waals surface area contributed by atoms with Gasteiger partial charge in [-0.05, 0) is 43.7 Å². The quantitative estimate of drug-likeness (QED) is 0.780. The molecule has 6 heteroatoms. The van der Waals surface area contributed by atoms with Crippen LogP contribution >= 0.6 is 11.6 Å². The lowest BCUT2D eigenvalue weighted by Crippen LogP contribution is -2.56. The number of hydrogen-bond acceptors (Lipinski definition) is 4. The second kappa shape index (κ2) is 7.79. The molecule has 0 spiro atoms. The van der Waals surface area contributed by atoms with Crippen molar-refractivity contribution in [3.8, 4) is 11.5 Å². The number of ether oxygens (including phenoxy) is 3. The number of amides is 1. The van der Waals surface area contributed by atoms with Crippen molar-refractivity contribution in [2.45, 2.75) is 25.5 Å². The average Bonchev–Trinajstić information content (AvgIpc) is 2.66. The summed E-state index contributed by atoms with van der Waals surface area (Å²) in [5, 5.41) is 0.644. The highest BCUT2D eigenvalue weighted by Gasteiger charge is 2.40. The number of methoxy groups -OCH3 is 2. The van der Waals surface area contributed by atoms with E-state index in [1.807, 2.05) is 43.0 Å². The zero-order valence-electron chi connectivity index (χ0n) is 16.0. The molecule has 144 valence electrons. The van der Waals surface area contributed by atoms with Gasteiger partial charge >= 0.3 is 0 Å². The van der Waals surface area contributed by atoms with Gasteiger partial charge in [-0.3, -0.25) is 4.79 Å². The molecule has 0 aliphatic carbocycles. The van der Waals surface area contributed by atoms with Gasteiger partial charge in [-0.1, -0.05) is 29.8 Å². The molecular weight excluding hydrogens is 366 g/mol. The molecule has 3 rings (SSSR count). The fourth-order valence-corrected chi connectivity index (χ4v) is 3.51. The highest BCUT2D eigenvalue weighted by Crippen LogP contribution is 2.36. The number of rotatable bonds is 4. The molecule has 0 N–H and O–H groups in total. The fraction of sp³-hybridized carbons (Fsp3) is 0.381. The SMILES string of the molecule is COc1cccc(OC)c1C(=O)N1CC(c2cccc(Cl)c2)OCC1(C)C. The molecule has 1 saturated heterocycles. The van der Waals surface area contributed by atoms with E-state index in [1.165, 1.54) is 0 Å². The molecule has 2 aromatic carbocycles. The van der Waals surface area contributed by atoms with E-state index in [4.69, 9.17) is 25.8 Å². The summed E-state index contributed by atoms with van der Waals surface area (Å²) in [5.74, 6) is 0.825. The van der Waals surface area contributed by atoms with Crippen LogP contribution in [0.5, 0.6) is 11.5 Å². The molecule has 27 heavy (non-hydrogen) atoms. The predicted octanol–water partition coefficient (Wildman–Crippen LogP) is 4.35. The number of carbonyl (C=O) groups is 1. The lowest BCUT2D eigenvalue weighted by molar-refractivity contribution is -0.0847. The summed E-state index contributed by atoms with van der Waals surface area (Å²) in [4.78, 5) is 15.3. The molecule has 1 aliphatic rings. The van der Waals surface area contributed by atoms with Crippen molar-refractivity contribution in [1.29, 1.82) is 0 Å². The van der Waals surface area contributed by atoms with Crippen molar-refractivity contribution in [2.24, 2.45) is 0 Å². The van der Waals surface area contributed by atoms with Gasteiger partial charge in [-0.15, -0.1) is 0 Å². The van der Waals surface area contributed by atoms with Crippen LogP contribution in [-0.2, 0) is 4.74 Å². The van der Waals surface area contributed by atoms with Gasteiger partial charge in [0.15, 0.2) is 0 Å². The number of halogens is 1. The van der Waals surface area contributed by atoms with E-state index in [9.17, 15) is 4.79 Å².